The lowest BCUT2D eigenvalue weighted by molar-refractivity contribution is 0.482. The van der Waals surface area contributed by atoms with Crippen LogP contribution in [-0.2, 0) is 6.54 Å². The molecule has 4 heterocycles. The predicted molar refractivity (Wildman–Crippen MR) is 158 cm³/mol. The van der Waals surface area contributed by atoms with Crippen molar-refractivity contribution in [3.63, 3.8) is 0 Å². The average molecular weight is 532 g/mol. The maximum atomic E-state index is 6.03. The first kappa shape index (κ1) is 24.8. The smallest absolute Gasteiger partial charge is 0.174 e. The molecule has 6 rings (SSSR count). The van der Waals surface area contributed by atoms with Gasteiger partial charge in [-0.3, -0.25) is 9.97 Å². The van der Waals surface area contributed by atoms with Crippen LogP contribution in [0.25, 0.3) is 0 Å². The predicted octanol–water partition coefficient (Wildman–Crippen LogP) is 6.91. The Morgan fingerprint density at radius 1 is 0.872 bits per heavy atom. The van der Waals surface area contributed by atoms with E-state index in [4.69, 9.17) is 21.9 Å². The van der Waals surface area contributed by atoms with Crippen molar-refractivity contribution in [3.8, 4) is 11.5 Å². The molecule has 1 N–H and O–H groups in total. The number of benzene rings is 2. The van der Waals surface area contributed by atoms with Gasteiger partial charge in [-0.1, -0.05) is 30.3 Å². The SMILES string of the molecule is Cc1cc([C@@H]2[C@H](c3ccccn3)NC(=S)N2c2ccc(Oc3ccccc3)cc2)c(C)n1Cc1cccnc1. The zero-order valence-corrected chi connectivity index (χ0v) is 22.7. The van der Waals surface area contributed by atoms with Crippen molar-refractivity contribution in [2.75, 3.05) is 4.90 Å². The van der Waals surface area contributed by atoms with E-state index in [0.717, 1.165) is 35.0 Å². The molecule has 1 fully saturated rings. The van der Waals surface area contributed by atoms with Crippen LogP contribution in [0.4, 0.5) is 5.69 Å². The van der Waals surface area contributed by atoms with E-state index < -0.39 is 0 Å². The number of para-hydroxylation sites is 1. The van der Waals surface area contributed by atoms with Gasteiger partial charge in [-0.05, 0) is 97.9 Å². The summed E-state index contributed by atoms with van der Waals surface area (Å²) in [6.45, 7) is 5.10. The normalized spacial score (nSPS) is 16.8. The third-order valence-corrected chi connectivity index (χ3v) is 7.50. The van der Waals surface area contributed by atoms with Crippen molar-refractivity contribution in [2.24, 2.45) is 0 Å². The molecule has 1 aliphatic rings. The highest BCUT2D eigenvalue weighted by Gasteiger charge is 2.42. The summed E-state index contributed by atoms with van der Waals surface area (Å²) in [4.78, 5) is 11.2. The molecule has 0 unspecified atom stereocenters. The molecule has 5 aromatic rings. The molecule has 0 spiro atoms. The molecular weight excluding hydrogens is 502 g/mol. The van der Waals surface area contributed by atoms with E-state index in [0.29, 0.717) is 5.11 Å². The summed E-state index contributed by atoms with van der Waals surface area (Å²) in [6, 6.07) is 30.1. The first-order valence-corrected chi connectivity index (χ1v) is 13.4. The van der Waals surface area contributed by atoms with Crippen molar-refractivity contribution in [3.05, 3.63) is 138 Å². The number of thiocarbonyl (C=S) groups is 1. The summed E-state index contributed by atoms with van der Waals surface area (Å²) in [7, 11) is 0. The monoisotopic (exact) mass is 531 g/mol. The highest BCUT2D eigenvalue weighted by molar-refractivity contribution is 7.80. The minimum Gasteiger partial charge on any atom is -0.457 e. The Morgan fingerprint density at radius 3 is 2.36 bits per heavy atom. The number of nitrogens with zero attached hydrogens (tertiary/aromatic N) is 4. The van der Waals surface area contributed by atoms with Crippen LogP contribution in [-0.4, -0.2) is 19.6 Å². The van der Waals surface area contributed by atoms with Crippen LogP contribution >= 0.6 is 12.2 Å². The largest absolute Gasteiger partial charge is 0.457 e. The van der Waals surface area contributed by atoms with Gasteiger partial charge in [0.2, 0.25) is 0 Å². The van der Waals surface area contributed by atoms with Gasteiger partial charge in [0, 0.05) is 42.2 Å². The van der Waals surface area contributed by atoms with Gasteiger partial charge >= 0.3 is 0 Å². The van der Waals surface area contributed by atoms with Crippen molar-refractivity contribution in [2.45, 2.75) is 32.5 Å². The first-order valence-electron chi connectivity index (χ1n) is 13.0. The maximum Gasteiger partial charge on any atom is 0.174 e. The molecule has 7 heteroatoms. The summed E-state index contributed by atoms with van der Waals surface area (Å²) in [5, 5.41) is 4.24. The Balaban J connectivity index is 1.38. The van der Waals surface area contributed by atoms with E-state index in [-0.39, 0.29) is 12.1 Å². The maximum absolute atomic E-state index is 6.03. The molecule has 0 radical (unpaired) electrons. The number of aryl methyl sites for hydroxylation is 1. The molecule has 3 aromatic heterocycles. The lowest BCUT2D eigenvalue weighted by Crippen LogP contribution is -2.29. The Labute approximate surface area is 233 Å². The third-order valence-electron chi connectivity index (χ3n) is 7.19. The molecule has 2 aromatic carbocycles. The van der Waals surface area contributed by atoms with E-state index in [1.165, 1.54) is 17.0 Å². The number of rotatable bonds is 7. The Morgan fingerprint density at radius 2 is 1.64 bits per heavy atom. The Kier molecular flexibility index (Phi) is 6.82. The van der Waals surface area contributed by atoms with Crippen molar-refractivity contribution in [1.29, 1.82) is 0 Å². The number of hydrogen-bond acceptors (Lipinski definition) is 4. The van der Waals surface area contributed by atoms with Gasteiger partial charge in [0.15, 0.2) is 5.11 Å². The fraction of sp³-hybridized carbons (Fsp3) is 0.156. The summed E-state index contributed by atoms with van der Waals surface area (Å²) in [5.41, 5.74) is 6.71. The second-order valence-corrected chi connectivity index (χ2v) is 10.1. The van der Waals surface area contributed by atoms with Crippen LogP contribution in [0.3, 0.4) is 0 Å². The molecule has 194 valence electrons. The summed E-state index contributed by atoms with van der Waals surface area (Å²) < 4.78 is 8.38. The van der Waals surface area contributed by atoms with Crippen molar-refractivity contribution in [1.82, 2.24) is 19.9 Å². The summed E-state index contributed by atoms with van der Waals surface area (Å²) in [5.74, 6) is 1.58. The number of aromatic nitrogens is 3. The second kappa shape index (κ2) is 10.7. The molecule has 0 amide bonds. The van der Waals surface area contributed by atoms with Crippen LogP contribution in [0, 0.1) is 13.8 Å². The number of nitrogens with one attached hydrogen (secondary N) is 1. The van der Waals surface area contributed by atoms with E-state index in [1.54, 1.807) is 6.20 Å². The van der Waals surface area contributed by atoms with Gasteiger partial charge in [0.05, 0.1) is 17.8 Å². The summed E-state index contributed by atoms with van der Waals surface area (Å²) >= 11 is 5.94. The standard InChI is InChI=1S/C32H29N5OS/c1-22-19-28(23(2)36(22)21-24-9-8-17-33-20-24)31-30(29-12-6-7-18-34-29)35-32(39)37(31)25-13-15-27(16-14-25)38-26-10-4-3-5-11-26/h3-20,30-31H,21H2,1-2H3,(H,35,39)/t30-,31+/m0/s1. The zero-order valence-electron chi connectivity index (χ0n) is 21.9. The van der Waals surface area contributed by atoms with Gasteiger partial charge in [0.1, 0.15) is 11.5 Å². The molecule has 0 bridgehead atoms. The van der Waals surface area contributed by atoms with Crippen LogP contribution in [0.2, 0.25) is 0 Å². The molecule has 1 saturated heterocycles. The number of hydrogen-bond donors (Lipinski definition) is 1. The molecule has 0 aliphatic carbocycles. The van der Waals surface area contributed by atoms with Gasteiger partial charge in [-0.25, -0.2) is 0 Å². The summed E-state index contributed by atoms with van der Waals surface area (Å²) in [6.07, 6.45) is 5.56. The highest BCUT2D eigenvalue weighted by Crippen LogP contribution is 2.43. The Bertz CT molecular complexity index is 1570. The van der Waals surface area contributed by atoms with Crippen LogP contribution in [0.1, 0.15) is 40.3 Å². The average Bonchev–Trinajstić information content (AvgIpc) is 3.46. The minimum absolute atomic E-state index is 0.0814. The van der Waals surface area contributed by atoms with E-state index >= 15 is 0 Å². The van der Waals surface area contributed by atoms with Gasteiger partial charge in [-0.15, -0.1) is 0 Å². The second-order valence-electron chi connectivity index (χ2n) is 9.68. The lowest BCUT2D eigenvalue weighted by atomic mass is 9.96. The molecule has 6 nitrogen and oxygen atoms in total. The first-order chi connectivity index (χ1) is 19.1. The molecule has 0 saturated carbocycles. The molecule has 39 heavy (non-hydrogen) atoms. The van der Waals surface area contributed by atoms with Crippen molar-refractivity contribution >= 4 is 23.0 Å². The van der Waals surface area contributed by atoms with E-state index in [1.807, 2.05) is 73.1 Å². The van der Waals surface area contributed by atoms with Gasteiger partial charge in [0.25, 0.3) is 0 Å². The molecule has 2 atom stereocenters. The zero-order chi connectivity index (χ0) is 26.8. The topological polar surface area (TPSA) is 55.2 Å². The van der Waals surface area contributed by atoms with Crippen molar-refractivity contribution < 1.29 is 4.74 Å². The number of anilines is 1. The lowest BCUT2D eigenvalue weighted by Gasteiger charge is -2.28. The van der Waals surface area contributed by atoms with Gasteiger partial charge in [-0.2, -0.15) is 0 Å². The Hall–Kier alpha value is -4.49. The highest BCUT2D eigenvalue weighted by atomic mass is 32.1. The van der Waals surface area contributed by atoms with Crippen LogP contribution in [0.15, 0.2) is 110 Å². The molecular formula is C32H29N5OS. The van der Waals surface area contributed by atoms with E-state index in [9.17, 15) is 0 Å². The minimum atomic E-state index is -0.105. The fourth-order valence-corrected chi connectivity index (χ4v) is 5.64. The molecule has 1 aliphatic heterocycles. The third kappa shape index (κ3) is 5.01. The fourth-order valence-electron chi connectivity index (χ4n) is 5.29. The van der Waals surface area contributed by atoms with Crippen LogP contribution < -0.4 is 15.0 Å². The van der Waals surface area contributed by atoms with Gasteiger partial charge < -0.3 is 19.5 Å². The quantitative estimate of drug-likeness (QED) is 0.230. The number of ether oxygens (including phenoxy) is 1. The number of pyridine rings is 2. The van der Waals surface area contributed by atoms with Crippen LogP contribution in [0.5, 0.6) is 11.5 Å². The van der Waals surface area contributed by atoms with E-state index in [2.05, 4.69) is 63.9 Å².